The van der Waals surface area contributed by atoms with Gasteiger partial charge < -0.3 is 10.6 Å². The summed E-state index contributed by atoms with van der Waals surface area (Å²) >= 11 is 1.48. The first-order valence-corrected chi connectivity index (χ1v) is 9.90. The topological polar surface area (TPSA) is 86.4 Å². The fourth-order valence-corrected chi connectivity index (χ4v) is 3.93. The van der Waals surface area contributed by atoms with Crippen LogP contribution in [0, 0.1) is 0 Å². The highest BCUT2D eigenvalue weighted by atomic mass is 32.1. The molecule has 144 valence electrons. The first kappa shape index (κ1) is 19.3. The standard InChI is InChI=1S/C19H25N5O2S/c1-13(2)21-18(26)23-19-22-15-8-9-24(11-16(15)27-19)12-17(25)20-10-14-6-4-3-5-7-14/h3-7,13H,8-12H2,1-2H3,(H,20,25)(H2,21,22,23,26). The molecule has 0 unspecified atom stereocenters. The lowest BCUT2D eigenvalue weighted by Crippen LogP contribution is -2.39. The minimum atomic E-state index is -0.242. The second-order valence-electron chi connectivity index (χ2n) is 6.87. The van der Waals surface area contributed by atoms with Crippen molar-refractivity contribution >= 4 is 28.4 Å². The summed E-state index contributed by atoms with van der Waals surface area (Å²) in [6.07, 6.45) is 0.783. The molecule has 0 radical (unpaired) electrons. The van der Waals surface area contributed by atoms with Gasteiger partial charge in [0.05, 0.1) is 12.2 Å². The molecular formula is C19H25N5O2S. The molecule has 0 aliphatic carbocycles. The monoisotopic (exact) mass is 387 g/mol. The van der Waals surface area contributed by atoms with Gasteiger partial charge in [-0.25, -0.2) is 9.78 Å². The van der Waals surface area contributed by atoms with E-state index in [0.717, 1.165) is 29.1 Å². The minimum Gasteiger partial charge on any atom is -0.351 e. The summed E-state index contributed by atoms with van der Waals surface area (Å²) in [6.45, 7) is 6.19. The molecular weight excluding hydrogens is 362 g/mol. The van der Waals surface area contributed by atoms with Crippen LogP contribution in [-0.4, -0.2) is 41.0 Å². The third kappa shape index (κ3) is 5.77. The summed E-state index contributed by atoms with van der Waals surface area (Å²) in [5, 5.41) is 9.14. The van der Waals surface area contributed by atoms with Gasteiger partial charge in [-0.1, -0.05) is 30.3 Å². The van der Waals surface area contributed by atoms with Crippen molar-refractivity contribution in [3.8, 4) is 0 Å². The predicted octanol–water partition coefficient (Wildman–Crippen LogP) is 2.35. The number of nitrogens with zero attached hydrogens (tertiary/aromatic N) is 2. The molecule has 2 aromatic rings. The Kier molecular flexibility index (Phi) is 6.41. The van der Waals surface area contributed by atoms with E-state index in [-0.39, 0.29) is 18.0 Å². The highest BCUT2D eigenvalue weighted by Crippen LogP contribution is 2.28. The zero-order valence-corrected chi connectivity index (χ0v) is 16.4. The second-order valence-corrected chi connectivity index (χ2v) is 7.95. The first-order valence-electron chi connectivity index (χ1n) is 9.08. The van der Waals surface area contributed by atoms with E-state index in [1.54, 1.807) is 0 Å². The average molecular weight is 388 g/mol. The van der Waals surface area contributed by atoms with Gasteiger partial charge in [-0.3, -0.25) is 15.0 Å². The number of rotatable bonds is 6. The number of amides is 3. The summed E-state index contributed by atoms with van der Waals surface area (Å²) in [4.78, 5) is 31.8. The van der Waals surface area contributed by atoms with Gasteiger partial charge in [0, 0.05) is 37.0 Å². The number of fused-ring (bicyclic) bond motifs is 1. The number of aromatic nitrogens is 1. The van der Waals surface area contributed by atoms with Gasteiger partial charge in [0.2, 0.25) is 5.91 Å². The van der Waals surface area contributed by atoms with Crippen molar-refractivity contribution in [2.75, 3.05) is 18.4 Å². The van der Waals surface area contributed by atoms with E-state index < -0.39 is 0 Å². The number of nitrogens with one attached hydrogen (secondary N) is 3. The zero-order valence-electron chi connectivity index (χ0n) is 15.6. The van der Waals surface area contributed by atoms with E-state index in [0.29, 0.717) is 24.8 Å². The molecule has 0 fully saturated rings. The summed E-state index contributed by atoms with van der Waals surface area (Å²) in [7, 11) is 0. The van der Waals surface area contributed by atoms with E-state index in [1.165, 1.54) is 11.3 Å². The Morgan fingerprint density at radius 3 is 2.78 bits per heavy atom. The van der Waals surface area contributed by atoms with Crippen LogP contribution in [0.3, 0.4) is 0 Å². The molecule has 3 N–H and O–H groups in total. The molecule has 0 saturated carbocycles. The molecule has 3 rings (SSSR count). The molecule has 1 aromatic carbocycles. The third-order valence-electron chi connectivity index (χ3n) is 4.15. The number of anilines is 1. The predicted molar refractivity (Wildman–Crippen MR) is 107 cm³/mol. The van der Waals surface area contributed by atoms with Gasteiger partial charge in [-0.15, -0.1) is 11.3 Å². The SMILES string of the molecule is CC(C)NC(=O)Nc1nc2c(s1)CN(CC(=O)NCc1ccccc1)CC2. The third-order valence-corrected chi connectivity index (χ3v) is 5.15. The number of benzene rings is 1. The fourth-order valence-electron chi connectivity index (χ4n) is 2.89. The van der Waals surface area contributed by atoms with E-state index in [2.05, 4.69) is 25.8 Å². The molecule has 8 heteroatoms. The second kappa shape index (κ2) is 8.96. The van der Waals surface area contributed by atoms with Gasteiger partial charge in [-0.2, -0.15) is 0 Å². The lowest BCUT2D eigenvalue weighted by molar-refractivity contribution is -0.122. The van der Waals surface area contributed by atoms with E-state index >= 15 is 0 Å². The van der Waals surface area contributed by atoms with Crippen molar-refractivity contribution in [3.63, 3.8) is 0 Å². The molecule has 0 bridgehead atoms. The molecule has 1 aliphatic heterocycles. The largest absolute Gasteiger partial charge is 0.351 e. The van der Waals surface area contributed by atoms with Crippen LogP contribution in [0.25, 0.3) is 0 Å². The maximum Gasteiger partial charge on any atom is 0.321 e. The zero-order chi connectivity index (χ0) is 19.2. The lowest BCUT2D eigenvalue weighted by atomic mass is 10.2. The highest BCUT2D eigenvalue weighted by molar-refractivity contribution is 7.15. The van der Waals surface area contributed by atoms with Crippen molar-refractivity contribution in [2.45, 2.75) is 39.4 Å². The number of urea groups is 1. The summed E-state index contributed by atoms with van der Waals surface area (Å²) in [6, 6.07) is 9.71. The molecule has 1 aromatic heterocycles. The van der Waals surface area contributed by atoms with Crippen LogP contribution in [0.2, 0.25) is 0 Å². The van der Waals surface area contributed by atoms with Crippen LogP contribution >= 0.6 is 11.3 Å². The molecule has 0 atom stereocenters. The Morgan fingerprint density at radius 1 is 1.26 bits per heavy atom. The maximum absolute atomic E-state index is 12.2. The summed E-state index contributed by atoms with van der Waals surface area (Å²) in [5.41, 5.74) is 2.10. The number of carbonyl (C=O) groups excluding carboxylic acids is 2. The van der Waals surface area contributed by atoms with Crippen LogP contribution in [0.4, 0.5) is 9.93 Å². The molecule has 2 heterocycles. The summed E-state index contributed by atoms with van der Waals surface area (Å²) < 4.78 is 0. The molecule has 0 saturated heterocycles. The Bertz CT molecular complexity index is 791. The van der Waals surface area contributed by atoms with Crippen LogP contribution in [-0.2, 0) is 24.3 Å². The Balaban J connectivity index is 1.49. The quantitative estimate of drug-likeness (QED) is 0.710. The van der Waals surface area contributed by atoms with Gasteiger partial charge >= 0.3 is 6.03 Å². The summed E-state index contributed by atoms with van der Waals surface area (Å²) in [5.74, 6) is 0.0153. The van der Waals surface area contributed by atoms with Crippen molar-refractivity contribution in [1.29, 1.82) is 0 Å². The molecule has 7 nitrogen and oxygen atoms in total. The number of thiazole rings is 1. The van der Waals surface area contributed by atoms with E-state index in [9.17, 15) is 9.59 Å². The Hall–Kier alpha value is -2.45. The highest BCUT2D eigenvalue weighted by Gasteiger charge is 2.22. The molecule has 0 spiro atoms. The minimum absolute atomic E-state index is 0.0153. The van der Waals surface area contributed by atoms with Crippen LogP contribution < -0.4 is 16.0 Å². The van der Waals surface area contributed by atoms with Crippen molar-refractivity contribution < 1.29 is 9.59 Å². The number of carbonyl (C=O) groups is 2. The van der Waals surface area contributed by atoms with Crippen molar-refractivity contribution in [1.82, 2.24) is 20.5 Å². The molecule has 1 aliphatic rings. The van der Waals surface area contributed by atoms with Gasteiger partial charge in [-0.05, 0) is 19.4 Å². The Labute approximate surface area is 163 Å². The normalized spacial score (nSPS) is 13.9. The van der Waals surface area contributed by atoms with Gasteiger partial charge in [0.15, 0.2) is 5.13 Å². The fraction of sp³-hybridized carbons (Fsp3) is 0.421. The average Bonchev–Trinajstić information content (AvgIpc) is 3.01. The van der Waals surface area contributed by atoms with E-state index in [1.807, 2.05) is 44.2 Å². The Morgan fingerprint density at radius 2 is 2.04 bits per heavy atom. The number of hydrogen-bond acceptors (Lipinski definition) is 5. The van der Waals surface area contributed by atoms with Crippen molar-refractivity contribution in [3.05, 3.63) is 46.5 Å². The van der Waals surface area contributed by atoms with Crippen LogP contribution in [0.5, 0.6) is 0 Å². The van der Waals surface area contributed by atoms with Crippen LogP contribution in [0.1, 0.15) is 30.0 Å². The molecule has 3 amide bonds. The van der Waals surface area contributed by atoms with Crippen LogP contribution in [0.15, 0.2) is 30.3 Å². The first-order chi connectivity index (χ1) is 13.0. The number of hydrogen-bond donors (Lipinski definition) is 3. The lowest BCUT2D eigenvalue weighted by Gasteiger charge is -2.25. The van der Waals surface area contributed by atoms with Gasteiger partial charge in [0.1, 0.15) is 0 Å². The van der Waals surface area contributed by atoms with E-state index in [4.69, 9.17) is 0 Å². The smallest absolute Gasteiger partial charge is 0.321 e. The maximum atomic E-state index is 12.2. The van der Waals surface area contributed by atoms with Gasteiger partial charge in [0.25, 0.3) is 0 Å². The molecule has 27 heavy (non-hydrogen) atoms. The van der Waals surface area contributed by atoms with Crippen molar-refractivity contribution in [2.24, 2.45) is 0 Å².